The highest BCUT2D eigenvalue weighted by Gasteiger charge is 2.26. The molecule has 176 valence electrons. The van der Waals surface area contributed by atoms with E-state index in [0.717, 1.165) is 28.5 Å². The molecular weight excluding hydrogens is 468 g/mol. The van der Waals surface area contributed by atoms with E-state index in [1.54, 1.807) is 19.1 Å². The number of rotatable bonds is 7. The molecule has 34 heavy (non-hydrogen) atoms. The van der Waals surface area contributed by atoms with E-state index in [1.807, 2.05) is 35.9 Å². The molecule has 7 heteroatoms. The highest BCUT2D eigenvalue weighted by Crippen LogP contribution is 2.37. The Balaban J connectivity index is 1.78. The van der Waals surface area contributed by atoms with Crippen molar-refractivity contribution in [3.8, 4) is 11.1 Å². The number of thiophene rings is 1. The molecule has 5 nitrogen and oxygen atoms in total. The van der Waals surface area contributed by atoms with Gasteiger partial charge in [0, 0.05) is 33.4 Å². The third kappa shape index (κ3) is 4.36. The quantitative estimate of drug-likeness (QED) is 0.273. The van der Waals surface area contributed by atoms with Gasteiger partial charge in [-0.25, -0.2) is 4.79 Å². The average molecular weight is 495 g/mol. The largest absolute Gasteiger partial charge is 0.462 e. The van der Waals surface area contributed by atoms with Crippen LogP contribution in [0.4, 0.5) is 5.00 Å². The maximum absolute atomic E-state index is 13.6. The standard InChI is InChI=1S/C27H27ClN2O3S/c1-5-17-8-13-22-20(14-17)16(4)24(30(22)6-2)25(31)29-26-23(27(32)33-7-3)21(15-34-26)18-9-11-19(28)12-10-18/h8-15H,5-7H2,1-4H3,(H,29,31). The number of carbonyl (C=O) groups is 2. The van der Waals surface area contributed by atoms with E-state index in [2.05, 4.69) is 30.4 Å². The maximum atomic E-state index is 13.6. The molecule has 0 aliphatic carbocycles. The van der Waals surface area contributed by atoms with Crippen molar-refractivity contribution in [2.45, 2.75) is 40.7 Å². The number of esters is 1. The molecule has 0 fully saturated rings. The molecule has 1 N–H and O–H groups in total. The van der Waals surface area contributed by atoms with Gasteiger partial charge in [-0.2, -0.15) is 0 Å². The van der Waals surface area contributed by atoms with Crippen LogP contribution in [0.15, 0.2) is 47.8 Å². The van der Waals surface area contributed by atoms with Crippen molar-refractivity contribution >= 4 is 50.7 Å². The van der Waals surface area contributed by atoms with Gasteiger partial charge in [0.15, 0.2) is 0 Å². The average Bonchev–Trinajstić information content (AvgIpc) is 3.37. The lowest BCUT2D eigenvalue weighted by Gasteiger charge is -2.11. The predicted molar refractivity (Wildman–Crippen MR) is 140 cm³/mol. The summed E-state index contributed by atoms with van der Waals surface area (Å²) in [6.07, 6.45) is 0.930. The Kier molecular flexibility index (Phi) is 7.10. The molecular formula is C27H27ClN2O3S. The van der Waals surface area contributed by atoms with Gasteiger partial charge in [0.05, 0.1) is 6.61 Å². The monoisotopic (exact) mass is 494 g/mol. The summed E-state index contributed by atoms with van der Waals surface area (Å²) >= 11 is 7.35. The Bertz CT molecular complexity index is 1370. The Hall–Kier alpha value is -3.09. The first-order chi connectivity index (χ1) is 16.4. The summed E-state index contributed by atoms with van der Waals surface area (Å²) in [7, 11) is 0. The van der Waals surface area contributed by atoms with Crippen LogP contribution in [0.3, 0.4) is 0 Å². The first kappa shape index (κ1) is 24.0. The van der Waals surface area contributed by atoms with Gasteiger partial charge in [-0.15, -0.1) is 11.3 Å². The minimum Gasteiger partial charge on any atom is -0.462 e. The van der Waals surface area contributed by atoms with Crippen molar-refractivity contribution in [3.63, 3.8) is 0 Å². The smallest absolute Gasteiger partial charge is 0.341 e. The van der Waals surface area contributed by atoms with E-state index in [9.17, 15) is 9.59 Å². The fourth-order valence-corrected chi connectivity index (χ4v) is 5.35. The third-order valence-corrected chi connectivity index (χ3v) is 7.12. The number of nitrogens with one attached hydrogen (secondary N) is 1. The Morgan fingerprint density at radius 2 is 1.82 bits per heavy atom. The Morgan fingerprint density at radius 1 is 1.09 bits per heavy atom. The van der Waals surface area contributed by atoms with E-state index in [-0.39, 0.29) is 12.5 Å². The van der Waals surface area contributed by atoms with Crippen LogP contribution in [0.25, 0.3) is 22.0 Å². The van der Waals surface area contributed by atoms with Crippen molar-refractivity contribution in [2.24, 2.45) is 0 Å². The topological polar surface area (TPSA) is 60.3 Å². The van der Waals surface area contributed by atoms with Crippen LogP contribution in [0.5, 0.6) is 0 Å². The molecule has 0 aliphatic heterocycles. The van der Waals surface area contributed by atoms with Crippen LogP contribution in [0, 0.1) is 6.92 Å². The number of anilines is 1. The second-order valence-electron chi connectivity index (χ2n) is 7.96. The predicted octanol–water partition coefficient (Wildman–Crippen LogP) is 7.34. The first-order valence-electron chi connectivity index (χ1n) is 11.4. The van der Waals surface area contributed by atoms with E-state index in [4.69, 9.17) is 16.3 Å². The highest BCUT2D eigenvalue weighted by atomic mass is 35.5. The molecule has 4 rings (SSSR count). The summed E-state index contributed by atoms with van der Waals surface area (Å²) in [5.74, 6) is -0.715. The van der Waals surface area contributed by atoms with Crippen LogP contribution in [-0.4, -0.2) is 23.1 Å². The molecule has 0 spiro atoms. The lowest BCUT2D eigenvalue weighted by molar-refractivity contribution is 0.0529. The number of nitrogens with zero attached hydrogens (tertiary/aromatic N) is 1. The molecule has 0 aliphatic rings. The van der Waals surface area contributed by atoms with Crippen LogP contribution in [-0.2, 0) is 17.7 Å². The minimum absolute atomic E-state index is 0.241. The number of hydrogen-bond donors (Lipinski definition) is 1. The molecule has 0 bridgehead atoms. The number of ether oxygens (including phenoxy) is 1. The Morgan fingerprint density at radius 3 is 2.47 bits per heavy atom. The van der Waals surface area contributed by atoms with Gasteiger partial charge < -0.3 is 14.6 Å². The molecule has 0 radical (unpaired) electrons. The van der Waals surface area contributed by atoms with Crippen LogP contribution < -0.4 is 5.32 Å². The number of aromatic nitrogens is 1. The number of benzene rings is 2. The molecule has 0 saturated carbocycles. The lowest BCUT2D eigenvalue weighted by atomic mass is 10.0. The van der Waals surface area contributed by atoms with E-state index in [1.165, 1.54) is 16.9 Å². The summed E-state index contributed by atoms with van der Waals surface area (Å²) in [6, 6.07) is 13.6. The highest BCUT2D eigenvalue weighted by molar-refractivity contribution is 7.15. The molecule has 2 aromatic carbocycles. The normalized spacial score (nSPS) is 11.1. The molecule has 0 unspecified atom stereocenters. The van der Waals surface area contributed by atoms with Gasteiger partial charge in [-0.1, -0.05) is 36.7 Å². The van der Waals surface area contributed by atoms with Crippen molar-refractivity contribution in [1.29, 1.82) is 0 Å². The number of halogens is 1. The minimum atomic E-state index is -0.468. The van der Waals surface area contributed by atoms with Crippen molar-refractivity contribution in [2.75, 3.05) is 11.9 Å². The molecule has 2 heterocycles. The zero-order valence-electron chi connectivity index (χ0n) is 19.7. The summed E-state index contributed by atoms with van der Waals surface area (Å²) < 4.78 is 7.35. The van der Waals surface area contributed by atoms with Gasteiger partial charge in [-0.05, 0) is 68.1 Å². The van der Waals surface area contributed by atoms with Crippen LogP contribution in [0.1, 0.15) is 52.7 Å². The van der Waals surface area contributed by atoms with Gasteiger partial charge in [0.2, 0.25) is 0 Å². The van der Waals surface area contributed by atoms with E-state index < -0.39 is 5.97 Å². The van der Waals surface area contributed by atoms with Crippen LogP contribution >= 0.6 is 22.9 Å². The van der Waals surface area contributed by atoms with Gasteiger partial charge in [-0.3, -0.25) is 4.79 Å². The lowest BCUT2D eigenvalue weighted by Crippen LogP contribution is -2.19. The zero-order chi connectivity index (χ0) is 24.4. The van der Waals surface area contributed by atoms with Crippen molar-refractivity contribution in [1.82, 2.24) is 4.57 Å². The van der Waals surface area contributed by atoms with Gasteiger partial charge in [0.25, 0.3) is 5.91 Å². The number of amides is 1. The van der Waals surface area contributed by atoms with Crippen molar-refractivity contribution in [3.05, 3.63) is 75.3 Å². The SMILES string of the molecule is CCOC(=O)c1c(-c2ccc(Cl)cc2)csc1NC(=O)c1c(C)c2cc(CC)ccc2n1CC. The summed E-state index contributed by atoms with van der Waals surface area (Å²) in [4.78, 5) is 26.5. The maximum Gasteiger partial charge on any atom is 0.341 e. The first-order valence-corrected chi connectivity index (χ1v) is 12.6. The number of hydrogen-bond acceptors (Lipinski definition) is 4. The van der Waals surface area contributed by atoms with E-state index in [0.29, 0.717) is 33.4 Å². The molecule has 1 amide bonds. The number of aryl methyl sites for hydroxylation is 3. The number of fused-ring (bicyclic) bond motifs is 1. The fourth-order valence-electron chi connectivity index (χ4n) is 4.27. The fraction of sp³-hybridized carbons (Fsp3) is 0.259. The zero-order valence-corrected chi connectivity index (χ0v) is 21.3. The second-order valence-corrected chi connectivity index (χ2v) is 9.27. The Labute approximate surface area is 208 Å². The molecule has 2 aromatic heterocycles. The van der Waals surface area contributed by atoms with Gasteiger partial charge in [0.1, 0.15) is 16.3 Å². The molecule has 4 aromatic rings. The second kappa shape index (κ2) is 10.0. The summed E-state index contributed by atoms with van der Waals surface area (Å²) in [6.45, 7) is 8.78. The van der Waals surface area contributed by atoms with E-state index >= 15 is 0 Å². The van der Waals surface area contributed by atoms with Crippen LogP contribution in [0.2, 0.25) is 5.02 Å². The van der Waals surface area contributed by atoms with Crippen molar-refractivity contribution < 1.29 is 14.3 Å². The van der Waals surface area contributed by atoms with Gasteiger partial charge >= 0.3 is 5.97 Å². The number of carbonyl (C=O) groups excluding carboxylic acids is 2. The molecule has 0 saturated heterocycles. The summed E-state index contributed by atoms with van der Waals surface area (Å²) in [5.41, 5.74) is 5.67. The third-order valence-electron chi connectivity index (χ3n) is 5.97. The summed E-state index contributed by atoms with van der Waals surface area (Å²) in [5, 5.41) is 7.02. The molecule has 0 atom stereocenters.